The first-order valence-corrected chi connectivity index (χ1v) is 8.63. The van der Waals surface area contributed by atoms with Crippen molar-refractivity contribution < 1.29 is 14.7 Å². The molecule has 1 heterocycles. The van der Waals surface area contributed by atoms with Crippen molar-refractivity contribution in [3.05, 3.63) is 70.8 Å². The van der Waals surface area contributed by atoms with E-state index in [1.807, 2.05) is 17.0 Å². The van der Waals surface area contributed by atoms with E-state index in [4.69, 9.17) is 0 Å². The molecular formula is C21H23NO3. The van der Waals surface area contributed by atoms with Crippen LogP contribution >= 0.6 is 0 Å². The van der Waals surface area contributed by atoms with Crippen molar-refractivity contribution in [1.82, 2.24) is 4.90 Å². The van der Waals surface area contributed by atoms with Crippen molar-refractivity contribution in [3.63, 3.8) is 0 Å². The molecule has 1 amide bonds. The molecule has 0 aliphatic carbocycles. The Kier molecular flexibility index (Phi) is 4.88. The highest BCUT2D eigenvalue weighted by Crippen LogP contribution is 2.33. The average Bonchev–Trinajstić information content (AvgIpc) is 2.97. The van der Waals surface area contributed by atoms with Gasteiger partial charge in [-0.3, -0.25) is 4.79 Å². The molecule has 1 aliphatic heterocycles. The van der Waals surface area contributed by atoms with Crippen molar-refractivity contribution in [2.75, 3.05) is 6.54 Å². The Morgan fingerprint density at radius 3 is 2.52 bits per heavy atom. The maximum absolute atomic E-state index is 12.8. The number of carboxylic acids is 1. The number of nitrogens with zero attached hydrogens (tertiary/aromatic N) is 1. The fraction of sp³-hybridized carbons (Fsp3) is 0.333. The highest BCUT2D eigenvalue weighted by molar-refractivity contribution is 5.91. The molecule has 2 unspecified atom stereocenters. The van der Waals surface area contributed by atoms with E-state index < -0.39 is 5.97 Å². The van der Waals surface area contributed by atoms with Crippen molar-refractivity contribution >= 4 is 11.9 Å². The molecule has 1 N–H and O–H groups in total. The van der Waals surface area contributed by atoms with E-state index in [1.54, 1.807) is 24.3 Å². The van der Waals surface area contributed by atoms with E-state index in [1.165, 1.54) is 11.1 Å². The van der Waals surface area contributed by atoms with Crippen LogP contribution in [0.25, 0.3) is 0 Å². The van der Waals surface area contributed by atoms with E-state index in [0.29, 0.717) is 18.0 Å². The van der Waals surface area contributed by atoms with Gasteiger partial charge in [-0.25, -0.2) is 4.79 Å². The first-order valence-electron chi connectivity index (χ1n) is 8.63. The molecule has 3 rings (SSSR count). The van der Waals surface area contributed by atoms with Crippen LogP contribution in [-0.4, -0.2) is 34.5 Å². The molecule has 4 heteroatoms. The first kappa shape index (κ1) is 17.2. The standard InChI is InChI=1S/C21H23NO3/c1-14-7-3-5-9-18(14)17-11-15(2)22(13-17)20(23)12-16-8-4-6-10-19(16)21(24)25/h3-10,15,17H,11-13H2,1-2H3,(H,24,25). The molecule has 1 aliphatic rings. The minimum atomic E-state index is -0.990. The first-order chi connectivity index (χ1) is 12.0. The van der Waals surface area contributed by atoms with Crippen molar-refractivity contribution in [3.8, 4) is 0 Å². The van der Waals surface area contributed by atoms with Crippen LogP contribution in [-0.2, 0) is 11.2 Å². The zero-order valence-electron chi connectivity index (χ0n) is 14.6. The van der Waals surface area contributed by atoms with Crippen LogP contribution in [0.1, 0.15) is 46.3 Å². The number of aryl methyl sites for hydroxylation is 1. The van der Waals surface area contributed by atoms with Gasteiger partial charge in [0.05, 0.1) is 12.0 Å². The van der Waals surface area contributed by atoms with Crippen LogP contribution in [0.4, 0.5) is 0 Å². The summed E-state index contributed by atoms with van der Waals surface area (Å²) in [6, 6.07) is 15.2. The van der Waals surface area contributed by atoms with Gasteiger partial charge >= 0.3 is 5.97 Å². The van der Waals surface area contributed by atoms with Gasteiger partial charge < -0.3 is 10.0 Å². The van der Waals surface area contributed by atoms with Crippen molar-refractivity contribution in [1.29, 1.82) is 0 Å². The normalized spacial score (nSPS) is 19.8. The van der Waals surface area contributed by atoms with E-state index >= 15 is 0 Å². The van der Waals surface area contributed by atoms with Crippen LogP contribution in [0, 0.1) is 6.92 Å². The van der Waals surface area contributed by atoms with Gasteiger partial charge in [0.15, 0.2) is 0 Å². The van der Waals surface area contributed by atoms with Crippen molar-refractivity contribution in [2.45, 2.75) is 38.6 Å². The van der Waals surface area contributed by atoms with Gasteiger partial charge in [-0.15, -0.1) is 0 Å². The predicted octanol–water partition coefficient (Wildman–Crippen LogP) is 3.64. The quantitative estimate of drug-likeness (QED) is 0.927. The number of likely N-dealkylation sites (tertiary alicyclic amines) is 1. The SMILES string of the molecule is Cc1ccccc1C1CC(C)N(C(=O)Cc2ccccc2C(=O)O)C1. The molecular weight excluding hydrogens is 314 g/mol. The summed E-state index contributed by atoms with van der Waals surface area (Å²) < 4.78 is 0. The summed E-state index contributed by atoms with van der Waals surface area (Å²) in [5, 5.41) is 9.29. The number of hydrogen-bond acceptors (Lipinski definition) is 2. The molecule has 0 aromatic heterocycles. The Bertz CT molecular complexity index is 799. The number of carboxylic acid groups (broad SMARTS) is 1. The lowest BCUT2D eigenvalue weighted by Gasteiger charge is -2.22. The van der Waals surface area contributed by atoms with E-state index in [2.05, 4.69) is 26.0 Å². The Labute approximate surface area is 148 Å². The minimum absolute atomic E-state index is 0.00251. The molecule has 2 atom stereocenters. The molecule has 0 bridgehead atoms. The van der Waals surface area contributed by atoms with E-state index in [-0.39, 0.29) is 23.9 Å². The second-order valence-corrected chi connectivity index (χ2v) is 6.82. The topological polar surface area (TPSA) is 57.6 Å². The summed E-state index contributed by atoms with van der Waals surface area (Å²) in [6.07, 6.45) is 1.07. The second kappa shape index (κ2) is 7.09. The predicted molar refractivity (Wildman–Crippen MR) is 96.8 cm³/mol. The Morgan fingerprint density at radius 1 is 1.12 bits per heavy atom. The van der Waals surface area contributed by atoms with Gasteiger partial charge in [0.25, 0.3) is 0 Å². The summed E-state index contributed by atoms with van der Waals surface area (Å²) in [7, 11) is 0. The summed E-state index contributed by atoms with van der Waals surface area (Å²) in [5.74, 6) is -0.650. The molecule has 0 spiro atoms. The number of rotatable bonds is 4. The fourth-order valence-corrected chi connectivity index (χ4v) is 3.80. The lowest BCUT2D eigenvalue weighted by molar-refractivity contribution is -0.131. The van der Waals surface area contributed by atoms with Crippen molar-refractivity contribution in [2.24, 2.45) is 0 Å². The van der Waals surface area contributed by atoms with Gasteiger partial charge in [-0.1, -0.05) is 42.5 Å². The molecule has 0 radical (unpaired) electrons. The van der Waals surface area contributed by atoms with Crippen LogP contribution in [0.15, 0.2) is 48.5 Å². The zero-order chi connectivity index (χ0) is 18.0. The zero-order valence-corrected chi connectivity index (χ0v) is 14.6. The van der Waals surface area contributed by atoms with E-state index in [0.717, 1.165) is 6.42 Å². The molecule has 2 aromatic carbocycles. The van der Waals surface area contributed by atoms with Gasteiger partial charge in [0.1, 0.15) is 0 Å². The summed E-state index contributed by atoms with van der Waals surface area (Å²) >= 11 is 0. The third-order valence-corrected chi connectivity index (χ3v) is 5.11. The maximum atomic E-state index is 12.8. The Morgan fingerprint density at radius 2 is 1.80 bits per heavy atom. The lowest BCUT2D eigenvalue weighted by atomic mass is 9.93. The monoisotopic (exact) mass is 337 g/mol. The van der Waals surface area contributed by atoms with E-state index in [9.17, 15) is 14.7 Å². The van der Waals surface area contributed by atoms with Crippen LogP contribution < -0.4 is 0 Å². The average molecular weight is 337 g/mol. The Balaban J connectivity index is 1.75. The molecule has 1 saturated heterocycles. The Hall–Kier alpha value is -2.62. The third kappa shape index (κ3) is 3.58. The lowest BCUT2D eigenvalue weighted by Crippen LogP contribution is -2.35. The van der Waals surface area contributed by atoms with Gasteiger partial charge in [-0.05, 0) is 43.0 Å². The number of benzene rings is 2. The molecule has 1 fully saturated rings. The second-order valence-electron chi connectivity index (χ2n) is 6.82. The highest BCUT2D eigenvalue weighted by atomic mass is 16.4. The number of hydrogen-bond donors (Lipinski definition) is 1. The summed E-state index contributed by atoms with van der Waals surface area (Å²) in [5.41, 5.74) is 3.34. The number of aromatic carboxylic acids is 1. The van der Waals surface area contributed by atoms with Gasteiger partial charge in [-0.2, -0.15) is 0 Å². The van der Waals surface area contributed by atoms with Crippen LogP contribution in [0.5, 0.6) is 0 Å². The fourth-order valence-electron chi connectivity index (χ4n) is 3.80. The largest absolute Gasteiger partial charge is 0.478 e. The number of carbonyl (C=O) groups is 2. The molecule has 4 nitrogen and oxygen atoms in total. The summed E-state index contributed by atoms with van der Waals surface area (Å²) in [4.78, 5) is 26.0. The maximum Gasteiger partial charge on any atom is 0.335 e. The van der Waals surface area contributed by atoms with Gasteiger partial charge in [0.2, 0.25) is 5.91 Å². The number of carbonyl (C=O) groups excluding carboxylic acids is 1. The molecule has 2 aromatic rings. The summed E-state index contributed by atoms with van der Waals surface area (Å²) in [6.45, 7) is 4.87. The smallest absolute Gasteiger partial charge is 0.335 e. The minimum Gasteiger partial charge on any atom is -0.478 e. The molecule has 0 saturated carbocycles. The third-order valence-electron chi connectivity index (χ3n) is 5.11. The van der Waals surface area contributed by atoms with Crippen LogP contribution in [0.3, 0.4) is 0 Å². The van der Waals surface area contributed by atoms with Crippen LogP contribution in [0.2, 0.25) is 0 Å². The molecule has 25 heavy (non-hydrogen) atoms. The molecule has 130 valence electrons. The highest BCUT2D eigenvalue weighted by Gasteiger charge is 2.33. The number of amides is 1. The van der Waals surface area contributed by atoms with Gasteiger partial charge in [0, 0.05) is 18.5 Å².